The average molecular weight is 797 g/mol. The Kier molecular flexibility index (Phi) is 11.0. The summed E-state index contributed by atoms with van der Waals surface area (Å²) in [6, 6.07) is 0. The van der Waals surface area contributed by atoms with Crippen molar-refractivity contribution in [1.82, 2.24) is 0 Å². The molecule has 18 unspecified atom stereocenters. The van der Waals surface area contributed by atoms with E-state index in [1.165, 1.54) is 5.57 Å². The molecule has 2 saturated heterocycles. The molecule has 0 aromatic rings. The van der Waals surface area contributed by atoms with E-state index in [1.807, 2.05) is 0 Å². The fourth-order valence-corrected chi connectivity index (χ4v) is 13.4. The average Bonchev–Trinajstić information content (AvgIpc) is 3.15. The molecule has 320 valence electrons. The Morgan fingerprint density at radius 2 is 1.52 bits per heavy atom. The van der Waals surface area contributed by atoms with Crippen LogP contribution in [0.3, 0.4) is 0 Å². The predicted molar refractivity (Wildman–Crippen MR) is 199 cm³/mol. The van der Waals surface area contributed by atoms with Gasteiger partial charge < -0.3 is 64.9 Å². The molecule has 0 aromatic carbocycles. The number of hydrogen-bond acceptors (Lipinski definition) is 14. The van der Waals surface area contributed by atoms with E-state index in [2.05, 4.69) is 47.6 Å². The first-order valence-corrected chi connectivity index (χ1v) is 20.9. The lowest BCUT2D eigenvalue weighted by Gasteiger charge is -2.71. The lowest BCUT2D eigenvalue weighted by molar-refractivity contribution is -0.334. The minimum Gasteiger partial charge on any atom is -0.432 e. The van der Waals surface area contributed by atoms with Crippen molar-refractivity contribution < 1.29 is 69.7 Å². The van der Waals surface area contributed by atoms with Crippen LogP contribution < -0.4 is 0 Å². The summed E-state index contributed by atoms with van der Waals surface area (Å²) < 4.78 is 22.6. The van der Waals surface area contributed by atoms with Gasteiger partial charge in [0.15, 0.2) is 6.29 Å². The summed E-state index contributed by atoms with van der Waals surface area (Å²) in [4.78, 5) is 14.7. The van der Waals surface area contributed by atoms with Crippen LogP contribution in [0.4, 0.5) is 0 Å². The van der Waals surface area contributed by atoms with Gasteiger partial charge in [-0.2, -0.15) is 0 Å². The maximum Gasteiger partial charge on any atom is 0.315 e. The maximum atomic E-state index is 14.7. The third-order valence-electron chi connectivity index (χ3n) is 17.4. The van der Waals surface area contributed by atoms with E-state index in [-0.39, 0.29) is 40.1 Å². The van der Waals surface area contributed by atoms with Crippen LogP contribution in [-0.4, -0.2) is 139 Å². The van der Waals surface area contributed by atoms with E-state index in [0.717, 1.165) is 44.9 Å². The zero-order valence-electron chi connectivity index (χ0n) is 34.0. The van der Waals surface area contributed by atoms with Crippen LogP contribution in [0.1, 0.15) is 106 Å². The zero-order chi connectivity index (χ0) is 41.0. The molecule has 2 heterocycles. The Labute approximate surface area is 330 Å². The highest BCUT2D eigenvalue weighted by atomic mass is 16.7. The topological polar surface area (TPSA) is 236 Å². The number of ether oxygens (including phenoxy) is 4. The van der Waals surface area contributed by atoms with Gasteiger partial charge in [0.2, 0.25) is 6.29 Å². The Morgan fingerprint density at radius 1 is 0.821 bits per heavy atom. The van der Waals surface area contributed by atoms with Crippen LogP contribution in [0, 0.1) is 50.2 Å². The number of fused-ring (bicyclic) bond motifs is 7. The van der Waals surface area contributed by atoms with Gasteiger partial charge in [-0.05, 0) is 104 Å². The molecule has 0 spiro atoms. The third-order valence-corrected chi connectivity index (χ3v) is 17.4. The summed E-state index contributed by atoms with van der Waals surface area (Å²) in [6.07, 6.45) is -3.52. The van der Waals surface area contributed by atoms with Gasteiger partial charge in [-0.25, -0.2) is 0 Å². The highest BCUT2D eigenvalue weighted by Gasteiger charge is 2.70. The van der Waals surface area contributed by atoms with Gasteiger partial charge in [0.05, 0.1) is 37.9 Å². The number of rotatable bonds is 7. The molecule has 4 saturated carbocycles. The van der Waals surface area contributed by atoms with Crippen molar-refractivity contribution >= 4 is 5.97 Å². The SMILES string of the molecule is CC1(C)CCC2(C(=O)OC3OCC(O)(COC4OC(CO)C(O)C(O)C4O)C(O)C3O)CCC3(C)C(=CCC4C5(C)CCC(O)C(C)(CO)C5CCC43C)C2C1. The van der Waals surface area contributed by atoms with Crippen LogP contribution in [0.15, 0.2) is 11.6 Å². The smallest absolute Gasteiger partial charge is 0.315 e. The highest BCUT2D eigenvalue weighted by Crippen LogP contribution is 2.76. The molecule has 9 N–H and O–H groups in total. The van der Waals surface area contributed by atoms with Crippen molar-refractivity contribution in [3.63, 3.8) is 0 Å². The van der Waals surface area contributed by atoms with Crippen molar-refractivity contribution in [3.05, 3.63) is 11.6 Å². The zero-order valence-corrected chi connectivity index (χ0v) is 34.0. The molecule has 0 aromatic heterocycles. The number of aliphatic hydroxyl groups is 9. The number of hydrogen-bond donors (Lipinski definition) is 9. The summed E-state index contributed by atoms with van der Waals surface area (Å²) in [7, 11) is 0. The van der Waals surface area contributed by atoms with Gasteiger partial charge in [-0.15, -0.1) is 0 Å². The molecule has 56 heavy (non-hydrogen) atoms. The summed E-state index contributed by atoms with van der Waals surface area (Å²) >= 11 is 0. The van der Waals surface area contributed by atoms with Gasteiger partial charge in [0.25, 0.3) is 0 Å². The van der Waals surface area contributed by atoms with Crippen molar-refractivity contribution in [2.24, 2.45) is 50.2 Å². The second-order valence-corrected chi connectivity index (χ2v) is 20.7. The first-order chi connectivity index (χ1) is 26.1. The molecule has 7 rings (SSSR count). The molecule has 5 aliphatic carbocycles. The second kappa shape index (κ2) is 14.4. The number of aliphatic hydroxyl groups excluding tert-OH is 8. The molecular weight excluding hydrogens is 728 g/mol. The minimum atomic E-state index is -2.23. The van der Waals surface area contributed by atoms with Crippen molar-refractivity contribution in [3.8, 4) is 0 Å². The molecule has 14 heteroatoms. The Hall–Kier alpha value is -1.27. The number of allylic oxidation sites excluding steroid dienone is 2. The largest absolute Gasteiger partial charge is 0.432 e. The van der Waals surface area contributed by atoms with Crippen molar-refractivity contribution in [2.45, 2.75) is 167 Å². The van der Waals surface area contributed by atoms with Crippen LogP contribution in [0.2, 0.25) is 0 Å². The molecule has 2 aliphatic heterocycles. The summed E-state index contributed by atoms with van der Waals surface area (Å²) in [5.74, 6) is -0.0807. The minimum absolute atomic E-state index is 0.0358. The Bertz CT molecular complexity index is 1520. The van der Waals surface area contributed by atoms with Crippen molar-refractivity contribution in [2.75, 3.05) is 26.4 Å². The number of carbonyl (C=O) groups excluding carboxylic acids is 1. The molecular formula is C42H68O14. The monoisotopic (exact) mass is 796 g/mol. The van der Waals surface area contributed by atoms with E-state index >= 15 is 0 Å². The lowest BCUT2D eigenvalue weighted by atomic mass is 9.33. The first kappa shape index (κ1) is 42.8. The van der Waals surface area contributed by atoms with Crippen LogP contribution in [0.5, 0.6) is 0 Å². The molecule has 14 nitrogen and oxygen atoms in total. The standard InChI is InChI=1S/C42H68O14/c1-36(2)13-15-41(35(51)56-34-31(49)32(50)42(52,21-54-34)20-53-33-30(48)29(47)28(46)24(18-43)55-33)16-14-39(5)22(23(41)17-36)7-8-26-37(3)11-10-27(45)38(4,19-44)25(37)9-12-40(26,39)6/h7,23-34,43-50,52H,8-21H2,1-6H3. The van der Waals surface area contributed by atoms with E-state index in [0.29, 0.717) is 25.2 Å². The maximum absolute atomic E-state index is 14.7. The molecule has 18 atom stereocenters. The fraction of sp³-hybridized carbons (Fsp3) is 0.929. The predicted octanol–water partition coefficient (Wildman–Crippen LogP) is 1.29. The van der Waals surface area contributed by atoms with Gasteiger partial charge in [-0.1, -0.05) is 53.2 Å². The van der Waals surface area contributed by atoms with Gasteiger partial charge in [-0.3, -0.25) is 4.79 Å². The van der Waals surface area contributed by atoms with E-state index in [4.69, 9.17) is 18.9 Å². The van der Waals surface area contributed by atoms with E-state index in [1.54, 1.807) is 0 Å². The van der Waals surface area contributed by atoms with Crippen LogP contribution >= 0.6 is 0 Å². The summed E-state index contributed by atoms with van der Waals surface area (Å²) in [6.45, 7) is 11.7. The summed E-state index contributed by atoms with van der Waals surface area (Å²) in [5, 5.41) is 95.4. The molecule has 0 bridgehead atoms. The quantitative estimate of drug-likeness (QED) is 0.131. The fourth-order valence-electron chi connectivity index (χ4n) is 13.4. The van der Waals surface area contributed by atoms with Crippen molar-refractivity contribution in [1.29, 1.82) is 0 Å². The normalized spacial score (nSPS) is 54.1. The lowest BCUT2D eigenvalue weighted by Crippen LogP contribution is -2.67. The van der Waals surface area contributed by atoms with Crippen LogP contribution in [-0.2, 0) is 23.7 Å². The number of carbonyl (C=O) groups is 1. The van der Waals surface area contributed by atoms with E-state index in [9.17, 15) is 50.8 Å². The number of esters is 1. The second-order valence-electron chi connectivity index (χ2n) is 20.7. The van der Waals surface area contributed by atoms with Gasteiger partial charge in [0.1, 0.15) is 42.2 Å². The van der Waals surface area contributed by atoms with Crippen LogP contribution in [0.25, 0.3) is 0 Å². The van der Waals surface area contributed by atoms with Gasteiger partial charge in [0, 0.05) is 5.41 Å². The molecule has 7 aliphatic rings. The summed E-state index contributed by atoms with van der Waals surface area (Å²) in [5.41, 5.74) is -2.74. The first-order valence-electron chi connectivity index (χ1n) is 20.9. The third kappa shape index (κ3) is 6.21. The van der Waals surface area contributed by atoms with Gasteiger partial charge >= 0.3 is 5.97 Å². The molecule has 6 fully saturated rings. The molecule has 0 radical (unpaired) electrons. The molecule has 0 amide bonds. The Balaban J connectivity index is 1.10. The van der Waals surface area contributed by atoms with E-state index < -0.39 is 97.5 Å². The Morgan fingerprint density at radius 3 is 2.20 bits per heavy atom. The highest BCUT2D eigenvalue weighted by molar-refractivity contribution is 5.79.